The third-order valence-corrected chi connectivity index (χ3v) is 4.13. The second-order valence-electron chi connectivity index (χ2n) is 6.83. The van der Waals surface area contributed by atoms with E-state index in [0.29, 0.717) is 32.5 Å². The maximum atomic E-state index is 12.0. The zero-order valence-corrected chi connectivity index (χ0v) is 12.4. The van der Waals surface area contributed by atoms with Gasteiger partial charge in [-0.25, -0.2) is 4.79 Å². The summed E-state index contributed by atoms with van der Waals surface area (Å²) < 4.78 is 5.35. The van der Waals surface area contributed by atoms with Gasteiger partial charge in [0.1, 0.15) is 5.60 Å². The summed E-state index contributed by atoms with van der Waals surface area (Å²) in [6.45, 7) is 7.14. The van der Waals surface area contributed by atoms with Crippen LogP contribution in [0, 0.1) is 5.41 Å². The molecule has 2 N–H and O–H groups in total. The van der Waals surface area contributed by atoms with E-state index in [1.807, 2.05) is 20.8 Å². The molecule has 0 aromatic rings. The molecule has 2 rings (SSSR count). The van der Waals surface area contributed by atoms with Gasteiger partial charge in [-0.1, -0.05) is 0 Å². The molecule has 2 saturated heterocycles. The average molecular weight is 284 g/mol. The number of nitrogens with zero attached hydrogens (tertiary/aromatic N) is 1. The fraction of sp³-hybridized carbons (Fsp3) is 0.857. The molecule has 6 heteroatoms. The van der Waals surface area contributed by atoms with E-state index < -0.39 is 11.7 Å². The van der Waals surface area contributed by atoms with Crippen molar-refractivity contribution in [2.75, 3.05) is 19.6 Å². The maximum absolute atomic E-state index is 12.0. The van der Waals surface area contributed by atoms with Crippen molar-refractivity contribution in [3.63, 3.8) is 0 Å². The molecule has 2 heterocycles. The minimum Gasteiger partial charge on any atom is -0.444 e. The molecule has 0 radical (unpaired) electrons. The highest BCUT2D eigenvalue weighted by molar-refractivity contribution is 5.77. The average Bonchev–Trinajstić information content (AvgIpc) is 2.33. The van der Waals surface area contributed by atoms with Crippen LogP contribution in [0.5, 0.6) is 0 Å². The van der Waals surface area contributed by atoms with Crippen molar-refractivity contribution in [2.24, 2.45) is 5.41 Å². The second kappa shape index (κ2) is 5.24. The van der Waals surface area contributed by atoms with E-state index in [-0.39, 0.29) is 23.8 Å². The Kier molecular flexibility index (Phi) is 3.95. The van der Waals surface area contributed by atoms with Crippen molar-refractivity contribution in [1.82, 2.24) is 10.2 Å². The van der Waals surface area contributed by atoms with Gasteiger partial charge < -0.3 is 20.1 Å². The SMILES string of the molecule is CC(C)(C)OC(=O)N1CCC2(CC1)CNC(=O)CC2O. The van der Waals surface area contributed by atoms with Crippen LogP contribution in [0.4, 0.5) is 4.79 Å². The predicted molar refractivity (Wildman–Crippen MR) is 73.1 cm³/mol. The normalized spacial score (nSPS) is 26.3. The minimum atomic E-state index is -0.614. The number of carbonyl (C=O) groups is 2. The first-order valence-corrected chi connectivity index (χ1v) is 7.15. The van der Waals surface area contributed by atoms with E-state index in [2.05, 4.69) is 5.32 Å². The zero-order valence-electron chi connectivity index (χ0n) is 12.4. The number of likely N-dealkylation sites (tertiary alicyclic amines) is 1. The number of aliphatic hydroxyl groups excluding tert-OH is 1. The highest BCUT2D eigenvalue weighted by atomic mass is 16.6. The Hall–Kier alpha value is -1.30. The van der Waals surface area contributed by atoms with Gasteiger partial charge in [-0.2, -0.15) is 0 Å². The largest absolute Gasteiger partial charge is 0.444 e. The van der Waals surface area contributed by atoms with Crippen molar-refractivity contribution in [3.8, 4) is 0 Å². The molecule has 0 aromatic heterocycles. The van der Waals surface area contributed by atoms with Crippen molar-refractivity contribution in [1.29, 1.82) is 0 Å². The lowest BCUT2D eigenvalue weighted by molar-refractivity contribution is -0.133. The van der Waals surface area contributed by atoms with Crippen LogP contribution in [0.1, 0.15) is 40.0 Å². The first kappa shape index (κ1) is 15.1. The second-order valence-corrected chi connectivity index (χ2v) is 6.83. The fourth-order valence-electron chi connectivity index (χ4n) is 2.83. The third kappa shape index (κ3) is 3.23. The van der Waals surface area contributed by atoms with Crippen molar-refractivity contribution in [2.45, 2.75) is 51.7 Å². The van der Waals surface area contributed by atoms with Gasteiger partial charge in [0.05, 0.1) is 12.5 Å². The van der Waals surface area contributed by atoms with Gasteiger partial charge in [0.15, 0.2) is 0 Å². The van der Waals surface area contributed by atoms with Gasteiger partial charge in [-0.3, -0.25) is 4.79 Å². The number of ether oxygens (including phenoxy) is 1. The van der Waals surface area contributed by atoms with Crippen LogP contribution in [-0.4, -0.2) is 53.3 Å². The monoisotopic (exact) mass is 284 g/mol. The van der Waals surface area contributed by atoms with Gasteiger partial charge in [0.25, 0.3) is 0 Å². The van der Waals surface area contributed by atoms with Crippen molar-refractivity contribution < 1.29 is 19.4 Å². The number of amides is 2. The van der Waals surface area contributed by atoms with Crippen molar-refractivity contribution >= 4 is 12.0 Å². The molecule has 0 bridgehead atoms. The highest BCUT2D eigenvalue weighted by Gasteiger charge is 2.45. The zero-order chi connectivity index (χ0) is 15.0. The van der Waals surface area contributed by atoms with E-state index in [4.69, 9.17) is 4.74 Å². The number of hydrogen-bond donors (Lipinski definition) is 2. The van der Waals surface area contributed by atoms with Gasteiger partial charge in [0, 0.05) is 25.0 Å². The molecule has 6 nitrogen and oxygen atoms in total. The Morgan fingerprint density at radius 3 is 2.50 bits per heavy atom. The van der Waals surface area contributed by atoms with E-state index >= 15 is 0 Å². The Bertz CT molecular complexity index is 394. The lowest BCUT2D eigenvalue weighted by atomic mass is 9.71. The molecule has 0 aliphatic carbocycles. The van der Waals surface area contributed by atoms with E-state index in [9.17, 15) is 14.7 Å². The van der Waals surface area contributed by atoms with Gasteiger partial charge >= 0.3 is 6.09 Å². The Balaban J connectivity index is 1.92. The lowest BCUT2D eigenvalue weighted by Gasteiger charge is -2.46. The molecular formula is C14H24N2O4. The minimum absolute atomic E-state index is 0.0994. The van der Waals surface area contributed by atoms with Gasteiger partial charge in [0.2, 0.25) is 5.91 Å². The Morgan fingerprint density at radius 2 is 2.00 bits per heavy atom. The molecule has 0 aromatic carbocycles. The van der Waals surface area contributed by atoms with Crippen LogP contribution >= 0.6 is 0 Å². The quantitative estimate of drug-likeness (QED) is 0.692. The number of hydrogen-bond acceptors (Lipinski definition) is 4. The summed E-state index contributed by atoms with van der Waals surface area (Å²) in [6.07, 6.45) is 0.618. The van der Waals surface area contributed by atoms with Gasteiger partial charge in [-0.05, 0) is 33.6 Å². The Labute approximate surface area is 119 Å². The molecular weight excluding hydrogens is 260 g/mol. The van der Waals surface area contributed by atoms with Crippen LogP contribution in [0.3, 0.4) is 0 Å². The summed E-state index contributed by atoms with van der Waals surface area (Å²) in [7, 11) is 0. The molecule has 2 aliphatic rings. The summed E-state index contributed by atoms with van der Waals surface area (Å²) in [5.41, 5.74) is -0.781. The third-order valence-electron chi connectivity index (χ3n) is 4.13. The smallest absolute Gasteiger partial charge is 0.410 e. The molecule has 0 saturated carbocycles. The molecule has 2 aliphatic heterocycles. The predicted octanol–water partition coefficient (Wildman–Crippen LogP) is 0.884. The molecule has 1 unspecified atom stereocenters. The molecule has 2 amide bonds. The van der Waals surface area contributed by atoms with E-state index in [1.54, 1.807) is 4.90 Å². The summed E-state index contributed by atoms with van der Waals surface area (Å²) in [6, 6.07) is 0. The fourth-order valence-corrected chi connectivity index (χ4v) is 2.83. The molecule has 1 atom stereocenters. The number of aliphatic hydroxyl groups is 1. The summed E-state index contributed by atoms with van der Waals surface area (Å²) in [5.74, 6) is -0.0994. The van der Waals surface area contributed by atoms with Crippen LogP contribution in [0.25, 0.3) is 0 Å². The Morgan fingerprint density at radius 1 is 1.40 bits per heavy atom. The number of piperidine rings is 2. The number of carbonyl (C=O) groups excluding carboxylic acids is 2. The van der Waals surface area contributed by atoms with E-state index in [1.165, 1.54) is 0 Å². The first-order chi connectivity index (χ1) is 9.22. The first-order valence-electron chi connectivity index (χ1n) is 7.15. The molecule has 2 fully saturated rings. The summed E-state index contributed by atoms with van der Waals surface area (Å²) >= 11 is 0. The molecule has 114 valence electrons. The maximum Gasteiger partial charge on any atom is 0.410 e. The summed E-state index contributed by atoms with van der Waals surface area (Å²) in [5, 5.41) is 13.0. The summed E-state index contributed by atoms with van der Waals surface area (Å²) in [4.78, 5) is 24.9. The topological polar surface area (TPSA) is 78.9 Å². The van der Waals surface area contributed by atoms with E-state index in [0.717, 1.165) is 0 Å². The molecule has 1 spiro atoms. The van der Waals surface area contributed by atoms with Crippen molar-refractivity contribution in [3.05, 3.63) is 0 Å². The molecule has 20 heavy (non-hydrogen) atoms. The number of nitrogens with one attached hydrogen (secondary N) is 1. The van der Waals surface area contributed by atoms with Crippen LogP contribution in [0.2, 0.25) is 0 Å². The lowest BCUT2D eigenvalue weighted by Crippen LogP contribution is -2.57. The standard InChI is InChI=1S/C14H24N2O4/c1-13(2,3)20-12(19)16-6-4-14(5-7-16)9-15-11(18)8-10(14)17/h10,17H,4-9H2,1-3H3,(H,15,18). The van der Waals surface area contributed by atoms with Crippen LogP contribution < -0.4 is 5.32 Å². The van der Waals surface area contributed by atoms with Crippen LogP contribution in [0.15, 0.2) is 0 Å². The van der Waals surface area contributed by atoms with Gasteiger partial charge in [-0.15, -0.1) is 0 Å². The van der Waals surface area contributed by atoms with Crippen LogP contribution in [-0.2, 0) is 9.53 Å². The highest BCUT2D eigenvalue weighted by Crippen LogP contribution is 2.38. The number of rotatable bonds is 0.